The third-order valence-corrected chi connectivity index (χ3v) is 4.62. The molecule has 2 atom stereocenters. The summed E-state index contributed by atoms with van der Waals surface area (Å²) in [5.41, 5.74) is 2.90. The molecule has 2 aromatic rings. The maximum Gasteiger partial charge on any atom is 0.176 e. The summed E-state index contributed by atoms with van der Waals surface area (Å²) in [6.45, 7) is 6.95. The van der Waals surface area contributed by atoms with Crippen molar-refractivity contribution < 1.29 is 4.90 Å². The second-order valence-electron chi connectivity index (χ2n) is 6.19. The Morgan fingerprint density at radius 1 is 0.773 bits per heavy atom. The van der Waals surface area contributed by atoms with Crippen LogP contribution in [-0.4, -0.2) is 18.0 Å². The molecule has 1 aliphatic heterocycles. The number of quaternary nitrogens is 1. The van der Waals surface area contributed by atoms with Crippen molar-refractivity contribution in [3.05, 3.63) is 71.8 Å². The summed E-state index contributed by atoms with van der Waals surface area (Å²) < 4.78 is 0. The number of hydrogen-bond donors (Lipinski definition) is 1. The Kier molecular flexibility index (Phi) is 4.91. The van der Waals surface area contributed by atoms with E-state index in [2.05, 4.69) is 79.4 Å². The van der Waals surface area contributed by atoms with Gasteiger partial charge in [0.25, 0.3) is 0 Å². The molecule has 0 spiro atoms. The lowest BCUT2D eigenvalue weighted by molar-refractivity contribution is -1.05. The zero-order valence-electron chi connectivity index (χ0n) is 13.7. The molecular formula is C20H27N2+. The molecule has 1 fully saturated rings. The highest BCUT2D eigenvalue weighted by Crippen LogP contribution is 2.32. The molecule has 0 radical (unpaired) electrons. The van der Waals surface area contributed by atoms with Crippen LogP contribution in [0, 0.1) is 0 Å². The van der Waals surface area contributed by atoms with Crippen molar-refractivity contribution >= 4 is 0 Å². The second kappa shape index (κ2) is 7.08. The number of nitrogens with zero attached hydrogens (tertiary/aromatic N) is 1. The minimum absolute atomic E-state index is 0.506. The van der Waals surface area contributed by atoms with Crippen molar-refractivity contribution in [2.75, 3.05) is 13.1 Å². The van der Waals surface area contributed by atoms with Gasteiger partial charge in [0.05, 0.1) is 6.54 Å². The molecule has 0 aromatic heterocycles. The fourth-order valence-electron chi connectivity index (χ4n) is 3.80. The van der Waals surface area contributed by atoms with E-state index in [1.165, 1.54) is 30.5 Å². The van der Waals surface area contributed by atoms with E-state index in [9.17, 15) is 0 Å². The highest BCUT2D eigenvalue weighted by molar-refractivity contribution is 5.22. The smallest absolute Gasteiger partial charge is 0.176 e. The Morgan fingerprint density at radius 3 is 1.68 bits per heavy atom. The van der Waals surface area contributed by atoms with Crippen LogP contribution in [0.5, 0.6) is 0 Å². The SMILES string of the molecule is CCCN1C(c2ccccc2)[NH+](CCC)C1c1ccccc1. The first-order chi connectivity index (χ1) is 10.9. The zero-order chi connectivity index (χ0) is 15.4. The van der Waals surface area contributed by atoms with Gasteiger partial charge in [0, 0.05) is 17.7 Å². The van der Waals surface area contributed by atoms with Gasteiger partial charge in [-0.05, 0) is 12.8 Å². The molecular weight excluding hydrogens is 268 g/mol. The molecule has 0 bridgehead atoms. The van der Waals surface area contributed by atoms with Crippen LogP contribution in [0.25, 0.3) is 0 Å². The summed E-state index contributed by atoms with van der Waals surface area (Å²) in [5, 5.41) is 0. The summed E-state index contributed by atoms with van der Waals surface area (Å²) in [4.78, 5) is 4.36. The molecule has 2 nitrogen and oxygen atoms in total. The van der Waals surface area contributed by atoms with Crippen molar-refractivity contribution in [3.63, 3.8) is 0 Å². The van der Waals surface area contributed by atoms with E-state index >= 15 is 0 Å². The molecule has 0 saturated carbocycles. The van der Waals surface area contributed by atoms with Crippen molar-refractivity contribution in [1.29, 1.82) is 0 Å². The van der Waals surface area contributed by atoms with E-state index in [-0.39, 0.29) is 0 Å². The standard InChI is InChI=1S/C20H26N2/c1-3-15-21-19(17-11-7-5-8-12-17)22(16-4-2)20(21)18-13-9-6-10-14-18/h5-14,19-20H,3-4,15-16H2,1-2H3/p+1. The Morgan fingerprint density at radius 2 is 1.27 bits per heavy atom. The molecule has 0 amide bonds. The first-order valence-corrected chi connectivity index (χ1v) is 8.58. The quantitative estimate of drug-likeness (QED) is 0.858. The van der Waals surface area contributed by atoms with Crippen LogP contribution in [-0.2, 0) is 0 Å². The van der Waals surface area contributed by atoms with E-state index < -0.39 is 0 Å². The highest BCUT2D eigenvalue weighted by atomic mass is 15.6. The maximum absolute atomic E-state index is 2.68. The minimum atomic E-state index is 0.506. The van der Waals surface area contributed by atoms with Gasteiger partial charge in [-0.2, -0.15) is 4.90 Å². The fraction of sp³-hybridized carbons (Fsp3) is 0.400. The summed E-state index contributed by atoms with van der Waals surface area (Å²) in [6.07, 6.45) is 3.44. The van der Waals surface area contributed by atoms with E-state index in [1.54, 1.807) is 4.90 Å². The minimum Gasteiger partial charge on any atom is -0.297 e. The Hall–Kier alpha value is -1.64. The van der Waals surface area contributed by atoms with Crippen LogP contribution in [0.15, 0.2) is 60.7 Å². The van der Waals surface area contributed by atoms with Crippen LogP contribution < -0.4 is 4.90 Å². The summed E-state index contributed by atoms with van der Waals surface area (Å²) in [6, 6.07) is 22.0. The van der Waals surface area contributed by atoms with Crippen molar-refractivity contribution in [2.24, 2.45) is 0 Å². The van der Waals surface area contributed by atoms with Crippen LogP contribution in [0.3, 0.4) is 0 Å². The van der Waals surface area contributed by atoms with Crippen molar-refractivity contribution in [1.82, 2.24) is 4.90 Å². The molecule has 1 heterocycles. The van der Waals surface area contributed by atoms with Crippen molar-refractivity contribution in [3.8, 4) is 0 Å². The van der Waals surface area contributed by atoms with Gasteiger partial charge in [-0.25, -0.2) is 0 Å². The van der Waals surface area contributed by atoms with E-state index in [4.69, 9.17) is 0 Å². The molecule has 116 valence electrons. The Balaban J connectivity index is 1.92. The molecule has 2 heteroatoms. The van der Waals surface area contributed by atoms with E-state index in [0.29, 0.717) is 12.3 Å². The molecule has 22 heavy (non-hydrogen) atoms. The predicted octanol–water partition coefficient (Wildman–Crippen LogP) is 3.40. The monoisotopic (exact) mass is 295 g/mol. The van der Waals surface area contributed by atoms with Gasteiger partial charge in [-0.1, -0.05) is 74.5 Å². The summed E-state index contributed by atoms with van der Waals surface area (Å²) >= 11 is 0. The first kappa shape index (κ1) is 15.3. The molecule has 3 rings (SSSR count). The predicted molar refractivity (Wildman–Crippen MR) is 91.5 cm³/mol. The van der Waals surface area contributed by atoms with Gasteiger partial charge in [0.1, 0.15) is 0 Å². The molecule has 0 aliphatic carbocycles. The average molecular weight is 295 g/mol. The third-order valence-electron chi connectivity index (χ3n) is 4.62. The molecule has 1 aliphatic rings. The molecule has 2 unspecified atom stereocenters. The molecule has 1 N–H and O–H groups in total. The van der Waals surface area contributed by atoms with Crippen molar-refractivity contribution in [2.45, 2.75) is 39.0 Å². The van der Waals surface area contributed by atoms with Gasteiger partial charge in [0.2, 0.25) is 0 Å². The molecule has 2 aromatic carbocycles. The Bertz CT molecular complexity index is 505. The highest BCUT2D eigenvalue weighted by Gasteiger charge is 2.51. The van der Waals surface area contributed by atoms with Crippen LogP contribution in [0.4, 0.5) is 0 Å². The van der Waals surface area contributed by atoms with Gasteiger partial charge in [0.15, 0.2) is 12.3 Å². The number of hydrogen-bond acceptors (Lipinski definition) is 1. The maximum atomic E-state index is 2.68. The van der Waals surface area contributed by atoms with Gasteiger partial charge in [-0.3, -0.25) is 4.90 Å². The lowest BCUT2D eigenvalue weighted by Gasteiger charge is -2.54. The topological polar surface area (TPSA) is 7.68 Å². The number of benzene rings is 2. The lowest BCUT2D eigenvalue weighted by atomic mass is 9.97. The lowest BCUT2D eigenvalue weighted by Crippen LogP contribution is -3.22. The van der Waals surface area contributed by atoms with Gasteiger partial charge >= 0.3 is 0 Å². The van der Waals surface area contributed by atoms with Gasteiger partial charge in [-0.15, -0.1) is 0 Å². The average Bonchev–Trinajstić information content (AvgIpc) is 2.56. The van der Waals surface area contributed by atoms with Crippen LogP contribution in [0.1, 0.15) is 50.1 Å². The fourth-order valence-corrected chi connectivity index (χ4v) is 3.80. The normalized spacial score (nSPS) is 24.9. The first-order valence-electron chi connectivity index (χ1n) is 8.58. The summed E-state index contributed by atoms with van der Waals surface area (Å²) in [5.74, 6) is 0. The van der Waals surface area contributed by atoms with Gasteiger partial charge < -0.3 is 0 Å². The summed E-state index contributed by atoms with van der Waals surface area (Å²) in [7, 11) is 0. The van der Waals surface area contributed by atoms with Crippen LogP contribution >= 0.6 is 0 Å². The van der Waals surface area contributed by atoms with E-state index in [1.807, 2.05) is 0 Å². The van der Waals surface area contributed by atoms with Crippen LogP contribution in [0.2, 0.25) is 0 Å². The van der Waals surface area contributed by atoms with E-state index in [0.717, 1.165) is 6.54 Å². The number of rotatable bonds is 6. The molecule has 1 saturated heterocycles. The Labute approximate surface area is 134 Å². The number of nitrogens with one attached hydrogen (secondary N) is 1. The second-order valence-corrected chi connectivity index (χ2v) is 6.19. The zero-order valence-corrected chi connectivity index (χ0v) is 13.7. The largest absolute Gasteiger partial charge is 0.297 e. The third kappa shape index (κ3) is 2.81.